The average molecular weight is 527 g/mol. The first-order valence-electron chi connectivity index (χ1n) is 10.2. The second-order valence-corrected chi connectivity index (χ2v) is 7.15. The Morgan fingerprint density at radius 1 is 1.20 bits per heavy atom. The van der Waals surface area contributed by atoms with Gasteiger partial charge in [-0.1, -0.05) is 18.2 Å². The Labute approximate surface area is 195 Å². The third-order valence-electron chi connectivity index (χ3n) is 4.76. The van der Waals surface area contributed by atoms with Crippen molar-refractivity contribution < 1.29 is 9.13 Å². The van der Waals surface area contributed by atoms with Crippen LogP contribution in [0.3, 0.4) is 0 Å². The smallest absolute Gasteiger partial charge is 0.191 e. The molecule has 2 heterocycles. The first-order chi connectivity index (χ1) is 14.1. The number of nitrogens with zero attached hydrogens (tertiary/aromatic N) is 3. The van der Waals surface area contributed by atoms with Crippen molar-refractivity contribution >= 4 is 35.8 Å². The van der Waals surface area contributed by atoms with E-state index in [1.54, 1.807) is 0 Å². The molecule has 0 aliphatic carbocycles. The van der Waals surface area contributed by atoms with Gasteiger partial charge in [0.1, 0.15) is 11.6 Å². The lowest BCUT2D eigenvalue weighted by Gasteiger charge is -2.32. The van der Waals surface area contributed by atoms with Gasteiger partial charge in [0.2, 0.25) is 0 Å². The molecule has 2 aromatic rings. The summed E-state index contributed by atoms with van der Waals surface area (Å²) in [5, 5.41) is 6.58. The molecule has 30 heavy (non-hydrogen) atoms. The van der Waals surface area contributed by atoms with E-state index in [1.165, 1.54) is 12.1 Å². The average Bonchev–Trinajstić information content (AvgIpc) is 2.74. The van der Waals surface area contributed by atoms with Crippen molar-refractivity contribution in [2.45, 2.75) is 32.9 Å². The molecule has 8 heteroatoms. The number of nitrogens with one attached hydrogen (secondary N) is 2. The van der Waals surface area contributed by atoms with Crippen LogP contribution in [0.4, 0.5) is 10.2 Å². The fraction of sp³-hybridized carbons (Fsp3) is 0.455. The second kappa shape index (κ2) is 12.7. The number of morpholine rings is 1. The Morgan fingerprint density at radius 2 is 1.97 bits per heavy atom. The van der Waals surface area contributed by atoms with Gasteiger partial charge in [0.15, 0.2) is 5.96 Å². The van der Waals surface area contributed by atoms with Crippen LogP contribution in [0.25, 0.3) is 0 Å². The number of hydrogen-bond acceptors (Lipinski definition) is 4. The van der Waals surface area contributed by atoms with Crippen LogP contribution in [-0.2, 0) is 17.7 Å². The molecule has 3 rings (SSSR count). The second-order valence-electron chi connectivity index (χ2n) is 7.15. The van der Waals surface area contributed by atoms with Crippen molar-refractivity contribution in [2.75, 3.05) is 37.7 Å². The minimum Gasteiger partial charge on any atom is -0.375 e. The third-order valence-corrected chi connectivity index (χ3v) is 4.76. The molecule has 0 bridgehead atoms. The molecule has 1 aliphatic heterocycles. The summed E-state index contributed by atoms with van der Waals surface area (Å²) < 4.78 is 18.6. The quantitative estimate of drug-likeness (QED) is 0.329. The molecular formula is C22H31FIN5O. The maximum absolute atomic E-state index is 13.0. The largest absolute Gasteiger partial charge is 0.375 e. The number of aliphatic imine (C=N–C) groups is 1. The molecule has 1 aliphatic rings. The van der Waals surface area contributed by atoms with Gasteiger partial charge in [0.05, 0.1) is 19.3 Å². The number of anilines is 1. The number of halogens is 2. The molecule has 164 valence electrons. The maximum Gasteiger partial charge on any atom is 0.191 e. The van der Waals surface area contributed by atoms with E-state index in [2.05, 4.69) is 44.6 Å². The lowest BCUT2D eigenvalue weighted by molar-refractivity contribution is 0.0529. The first kappa shape index (κ1) is 24.3. The first-order valence-corrected chi connectivity index (χ1v) is 10.2. The molecule has 1 aromatic heterocycles. The zero-order valence-electron chi connectivity index (χ0n) is 17.6. The van der Waals surface area contributed by atoms with Crippen LogP contribution in [0, 0.1) is 5.82 Å². The molecule has 1 unspecified atom stereocenters. The molecule has 1 atom stereocenters. The number of hydrogen-bond donors (Lipinski definition) is 2. The standard InChI is InChI=1S/C22H30FN5O.HI/c1-3-24-22(25-11-10-18-4-7-20(23)8-5-18)27-15-19-6-9-21(26-14-19)28-12-13-29-17(2)16-28;/h4-9,14,17H,3,10-13,15-16H2,1-2H3,(H2,24,25,27);1H. The van der Waals surface area contributed by atoms with Gasteiger partial charge in [-0.15, -0.1) is 24.0 Å². The van der Waals surface area contributed by atoms with E-state index in [-0.39, 0.29) is 35.9 Å². The fourth-order valence-corrected chi connectivity index (χ4v) is 3.21. The highest BCUT2D eigenvalue weighted by molar-refractivity contribution is 14.0. The predicted octanol–water partition coefficient (Wildman–Crippen LogP) is 3.36. The van der Waals surface area contributed by atoms with Crippen LogP contribution in [0.5, 0.6) is 0 Å². The third kappa shape index (κ3) is 7.71. The van der Waals surface area contributed by atoms with Gasteiger partial charge in [-0.05, 0) is 49.6 Å². The van der Waals surface area contributed by atoms with Crippen LogP contribution < -0.4 is 15.5 Å². The summed E-state index contributed by atoms with van der Waals surface area (Å²) in [7, 11) is 0. The summed E-state index contributed by atoms with van der Waals surface area (Å²) in [5.41, 5.74) is 2.15. The van der Waals surface area contributed by atoms with Gasteiger partial charge in [0, 0.05) is 32.4 Å². The van der Waals surface area contributed by atoms with Crippen LogP contribution >= 0.6 is 24.0 Å². The summed E-state index contributed by atoms with van der Waals surface area (Å²) in [6.07, 6.45) is 2.93. The van der Waals surface area contributed by atoms with Gasteiger partial charge in [-0.3, -0.25) is 0 Å². The Kier molecular flexibility index (Phi) is 10.3. The highest BCUT2D eigenvalue weighted by atomic mass is 127. The number of pyridine rings is 1. The van der Waals surface area contributed by atoms with Gasteiger partial charge >= 0.3 is 0 Å². The molecule has 0 spiro atoms. The van der Waals surface area contributed by atoms with E-state index < -0.39 is 0 Å². The monoisotopic (exact) mass is 527 g/mol. The lowest BCUT2D eigenvalue weighted by Crippen LogP contribution is -2.41. The summed E-state index contributed by atoms with van der Waals surface area (Å²) in [6, 6.07) is 10.7. The van der Waals surface area contributed by atoms with Crippen molar-refractivity contribution in [3.8, 4) is 0 Å². The Hall–Kier alpha value is -1.94. The predicted molar refractivity (Wildman–Crippen MR) is 130 cm³/mol. The van der Waals surface area contributed by atoms with E-state index in [9.17, 15) is 4.39 Å². The van der Waals surface area contributed by atoms with Crippen molar-refractivity contribution in [2.24, 2.45) is 4.99 Å². The van der Waals surface area contributed by atoms with Crippen molar-refractivity contribution in [1.29, 1.82) is 0 Å². The van der Waals surface area contributed by atoms with E-state index >= 15 is 0 Å². The zero-order valence-corrected chi connectivity index (χ0v) is 19.9. The molecule has 6 nitrogen and oxygen atoms in total. The molecule has 1 aromatic carbocycles. The SMILES string of the molecule is CCNC(=NCc1ccc(N2CCOC(C)C2)nc1)NCCc1ccc(F)cc1.I. The Morgan fingerprint density at radius 3 is 2.63 bits per heavy atom. The molecular weight excluding hydrogens is 496 g/mol. The van der Waals surface area contributed by atoms with Crippen LogP contribution in [0.1, 0.15) is 25.0 Å². The highest BCUT2D eigenvalue weighted by Gasteiger charge is 2.17. The van der Waals surface area contributed by atoms with E-state index in [1.807, 2.05) is 25.3 Å². The number of rotatable bonds is 7. The van der Waals surface area contributed by atoms with Crippen molar-refractivity contribution in [3.63, 3.8) is 0 Å². The normalized spacial score (nSPS) is 16.7. The fourth-order valence-electron chi connectivity index (χ4n) is 3.21. The minimum absolute atomic E-state index is 0. The van der Waals surface area contributed by atoms with E-state index in [4.69, 9.17) is 4.74 Å². The van der Waals surface area contributed by atoms with Gasteiger partial charge < -0.3 is 20.3 Å². The summed E-state index contributed by atoms with van der Waals surface area (Å²) in [5.74, 6) is 1.54. The van der Waals surface area contributed by atoms with Crippen LogP contribution in [-0.4, -0.2) is 49.8 Å². The number of benzene rings is 1. The molecule has 1 saturated heterocycles. The molecule has 0 radical (unpaired) electrons. The number of guanidine groups is 1. The van der Waals surface area contributed by atoms with Gasteiger partial charge in [-0.2, -0.15) is 0 Å². The van der Waals surface area contributed by atoms with Gasteiger partial charge in [-0.25, -0.2) is 14.4 Å². The topological polar surface area (TPSA) is 61.8 Å². The van der Waals surface area contributed by atoms with Crippen LogP contribution in [0.15, 0.2) is 47.6 Å². The zero-order chi connectivity index (χ0) is 20.5. The number of aromatic nitrogens is 1. The number of ether oxygens (including phenoxy) is 1. The molecule has 2 N–H and O–H groups in total. The van der Waals surface area contributed by atoms with Crippen molar-refractivity contribution in [1.82, 2.24) is 15.6 Å². The highest BCUT2D eigenvalue weighted by Crippen LogP contribution is 2.15. The van der Waals surface area contributed by atoms with Crippen molar-refractivity contribution in [3.05, 3.63) is 59.5 Å². The Balaban J connectivity index is 0.00000320. The summed E-state index contributed by atoms with van der Waals surface area (Å²) >= 11 is 0. The van der Waals surface area contributed by atoms with Gasteiger partial charge in [0.25, 0.3) is 0 Å². The molecule has 1 fully saturated rings. The Bertz CT molecular complexity index is 785. The lowest BCUT2D eigenvalue weighted by atomic mass is 10.1. The summed E-state index contributed by atoms with van der Waals surface area (Å²) in [4.78, 5) is 11.5. The summed E-state index contributed by atoms with van der Waals surface area (Å²) in [6.45, 7) is 8.67. The molecule has 0 amide bonds. The molecule has 0 saturated carbocycles. The van der Waals surface area contributed by atoms with E-state index in [0.717, 1.165) is 62.1 Å². The van der Waals surface area contributed by atoms with E-state index in [0.29, 0.717) is 6.54 Å². The van der Waals surface area contributed by atoms with Crippen LogP contribution in [0.2, 0.25) is 0 Å². The minimum atomic E-state index is -0.209. The maximum atomic E-state index is 13.0.